The van der Waals surface area contributed by atoms with Gasteiger partial charge in [0.2, 0.25) is 0 Å². The van der Waals surface area contributed by atoms with Gasteiger partial charge in [-0.05, 0) is 52.9 Å². The van der Waals surface area contributed by atoms with Crippen LogP contribution in [0, 0.1) is 5.92 Å². The summed E-state index contributed by atoms with van der Waals surface area (Å²) in [5, 5.41) is 3.23. The van der Waals surface area contributed by atoms with E-state index in [1.807, 2.05) is 34.7 Å². The number of carbonyl (C=O) groups excluding carboxylic acids is 1. The highest BCUT2D eigenvalue weighted by atomic mass is 127. The molecule has 142 valence electrons. The van der Waals surface area contributed by atoms with Gasteiger partial charge in [-0.2, -0.15) is 0 Å². The largest absolute Gasteiger partial charge is 0.459 e. The standard InChI is InChI=1S/C17H33N3O3.HI/c1-6-18-16(19-13-15(21)23-17(2,3)4)20(5)10-7-14-8-11-22-12-9-14;/h14H,6-13H2,1-5H3,(H,18,19);1H. The average molecular weight is 455 g/mol. The van der Waals surface area contributed by atoms with Crippen LogP contribution in [-0.4, -0.2) is 62.3 Å². The molecule has 0 saturated carbocycles. The highest BCUT2D eigenvalue weighted by Crippen LogP contribution is 2.18. The number of hydrogen-bond acceptors (Lipinski definition) is 4. The van der Waals surface area contributed by atoms with Crippen molar-refractivity contribution in [3.63, 3.8) is 0 Å². The van der Waals surface area contributed by atoms with Crippen molar-refractivity contribution in [2.24, 2.45) is 10.9 Å². The predicted molar refractivity (Wildman–Crippen MR) is 108 cm³/mol. The van der Waals surface area contributed by atoms with Gasteiger partial charge in [0.25, 0.3) is 0 Å². The fourth-order valence-electron chi connectivity index (χ4n) is 2.50. The summed E-state index contributed by atoms with van der Waals surface area (Å²) in [6.07, 6.45) is 3.40. The minimum absolute atomic E-state index is 0. The molecule has 24 heavy (non-hydrogen) atoms. The second-order valence-corrected chi connectivity index (χ2v) is 7.02. The van der Waals surface area contributed by atoms with Gasteiger partial charge in [0, 0.05) is 33.4 Å². The Morgan fingerprint density at radius 2 is 1.96 bits per heavy atom. The van der Waals surface area contributed by atoms with Gasteiger partial charge in [0.15, 0.2) is 5.96 Å². The minimum Gasteiger partial charge on any atom is -0.459 e. The van der Waals surface area contributed by atoms with Crippen molar-refractivity contribution >= 4 is 35.9 Å². The summed E-state index contributed by atoms with van der Waals surface area (Å²) in [5.41, 5.74) is -0.472. The molecule has 0 spiro atoms. The molecule has 6 nitrogen and oxygen atoms in total. The average Bonchev–Trinajstić information content (AvgIpc) is 2.48. The third kappa shape index (κ3) is 10.3. The highest BCUT2D eigenvalue weighted by Gasteiger charge is 2.17. The Kier molecular flexibility index (Phi) is 11.6. The van der Waals surface area contributed by atoms with E-state index in [1.165, 1.54) is 0 Å². The fourth-order valence-corrected chi connectivity index (χ4v) is 2.50. The molecule has 1 fully saturated rings. The Morgan fingerprint density at radius 3 is 2.50 bits per heavy atom. The van der Waals surface area contributed by atoms with Gasteiger partial charge in [-0.1, -0.05) is 0 Å². The topological polar surface area (TPSA) is 63.2 Å². The SMILES string of the molecule is CCNC(=NCC(=O)OC(C)(C)C)N(C)CCC1CCOCC1.I. The van der Waals surface area contributed by atoms with E-state index >= 15 is 0 Å². The third-order valence-electron chi connectivity index (χ3n) is 3.69. The van der Waals surface area contributed by atoms with Gasteiger partial charge in [-0.3, -0.25) is 4.79 Å². The lowest BCUT2D eigenvalue weighted by Crippen LogP contribution is -2.40. The molecule has 0 amide bonds. The zero-order chi connectivity index (χ0) is 17.3. The molecule has 7 heteroatoms. The molecule has 1 heterocycles. The minimum atomic E-state index is -0.472. The van der Waals surface area contributed by atoms with Crippen LogP contribution in [0.1, 0.15) is 47.0 Å². The Balaban J connectivity index is 0.00000529. The lowest BCUT2D eigenvalue weighted by atomic mass is 9.96. The van der Waals surface area contributed by atoms with Crippen LogP contribution in [0.2, 0.25) is 0 Å². The Bertz CT molecular complexity index is 391. The van der Waals surface area contributed by atoms with Crippen molar-refractivity contribution in [1.82, 2.24) is 10.2 Å². The van der Waals surface area contributed by atoms with E-state index in [9.17, 15) is 4.79 Å². The predicted octanol–water partition coefficient (Wildman–Crippen LogP) is 2.66. The van der Waals surface area contributed by atoms with Crippen LogP contribution in [0.3, 0.4) is 0 Å². The van der Waals surface area contributed by atoms with Gasteiger partial charge in [-0.15, -0.1) is 24.0 Å². The number of rotatable bonds is 6. The zero-order valence-electron chi connectivity index (χ0n) is 15.8. The van der Waals surface area contributed by atoms with Crippen LogP contribution >= 0.6 is 24.0 Å². The molecule has 0 aromatic rings. The second-order valence-electron chi connectivity index (χ2n) is 7.02. The summed E-state index contributed by atoms with van der Waals surface area (Å²) < 4.78 is 10.7. The normalized spacial score (nSPS) is 16.3. The lowest BCUT2D eigenvalue weighted by molar-refractivity contribution is -0.152. The number of nitrogens with one attached hydrogen (secondary N) is 1. The quantitative estimate of drug-likeness (QED) is 0.289. The summed E-state index contributed by atoms with van der Waals surface area (Å²) in [6.45, 7) is 11.1. The van der Waals surface area contributed by atoms with Crippen LogP contribution < -0.4 is 5.32 Å². The molecule has 0 atom stereocenters. The summed E-state index contributed by atoms with van der Waals surface area (Å²) >= 11 is 0. The molecule has 0 aliphatic carbocycles. The van der Waals surface area contributed by atoms with Crippen molar-refractivity contribution in [2.75, 3.05) is 39.9 Å². The highest BCUT2D eigenvalue weighted by molar-refractivity contribution is 14.0. The number of aliphatic imine (C=N–C) groups is 1. The Labute approximate surface area is 163 Å². The van der Waals surface area contributed by atoms with Gasteiger partial charge < -0.3 is 19.7 Å². The number of ether oxygens (including phenoxy) is 2. The van der Waals surface area contributed by atoms with Gasteiger partial charge >= 0.3 is 5.97 Å². The number of carbonyl (C=O) groups is 1. The maximum absolute atomic E-state index is 11.8. The van der Waals surface area contributed by atoms with Gasteiger partial charge in [0.05, 0.1) is 0 Å². The first-order chi connectivity index (χ1) is 10.8. The number of hydrogen-bond donors (Lipinski definition) is 1. The zero-order valence-corrected chi connectivity index (χ0v) is 18.1. The number of esters is 1. The number of guanidine groups is 1. The van der Waals surface area contributed by atoms with E-state index in [0.29, 0.717) is 0 Å². The molecule has 1 aliphatic heterocycles. The van der Waals surface area contributed by atoms with E-state index in [1.54, 1.807) is 0 Å². The molecule has 0 unspecified atom stereocenters. The van der Waals surface area contributed by atoms with E-state index in [2.05, 4.69) is 15.2 Å². The molecule has 0 aromatic carbocycles. The van der Waals surface area contributed by atoms with Crippen LogP contribution in [0.4, 0.5) is 0 Å². The van der Waals surface area contributed by atoms with Crippen molar-refractivity contribution in [1.29, 1.82) is 0 Å². The monoisotopic (exact) mass is 455 g/mol. The van der Waals surface area contributed by atoms with Crippen molar-refractivity contribution in [3.05, 3.63) is 0 Å². The first kappa shape index (κ1) is 23.4. The van der Waals surface area contributed by atoms with Crippen LogP contribution in [0.15, 0.2) is 4.99 Å². The van der Waals surface area contributed by atoms with E-state index in [0.717, 1.165) is 57.4 Å². The summed E-state index contributed by atoms with van der Waals surface area (Å²) in [5.74, 6) is 1.18. The van der Waals surface area contributed by atoms with Crippen LogP contribution in [0.25, 0.3) is 0 Å². The molecule has 1 saturated heterocycles. The summed E-state index contributed by atoms with van der Waals surface area (Å²) in [6, 6.07) is 0. The molecule has 1 aliphatic rings. The Morgan fingerprint density at radius 1 is 1.33 bits per heavy atom. The van der Waals surface area contributed by atoms with Crippen LogP contribution in [-0.2, 0) is 14.3 Å². The number of nitrogens with zero attached hydrogens (tertiary/aromatic N) is 2. The molecule has 0 radical (unpaired) electrons. The first-order valence-electron chi connectivity index (χ1n) is 8.61. The lowest BCUT2D eigenvalue weighted by Gasteiger charge is -2.27. The molecular formula is C17H34IN3O3. The fraction of sp³-hybridized carbons (Fsp3) is 0.882. The van der Waals surface area contributed by atoms with Crippen molar-refractivity contribution in [2.45, 2.75) is 52.6 Å². The van der Waals surface area contributed by atoms with E-state index in [4.69, 9.17) is 9.47 Å². The third-order valence-corrected chi connectivity index (χ3v) is 3.69. The molecule has 0 aromatic heterocycles. The maximum atomic E-state index is 11.8. The Hall–Kier alpha value is -0.570. The van der Waals surface area contributed by atoms with Gasteiger partial charge in [0.1, 0.15) is 12.1 Å². The maximum Gasteiger partial charge on any atom is 0.328 e. The summed E-state index contributed by atoms with van der Waals surface area (Å²) in [7, 11) is 2.01. The molecule has 1 rings (SSSR count). The van der Waals surface area contributed by atoms with Crippen molar-refractivity contribution in [3.8, 4) is 0 Å². The summed E-state index contributed by atoms with van der Waals surface area (Å²) in [4.78, 5) is 18.3. The van der Waals surface area contributed by atoms with Crippen LogP contribution in [0.5, 0.6) is 0 Å². The second kappa shape index (κ2) is 11.9. The molecule has 1 N–H and O–H groups in total. The number of halogens is 1. The smallest absolute Gasteiger partial charge is 0.328 e. The first-order valence-corrected chi connectivity index (χ1v) is 8.61. The molecular weight excluding hydrogens is 421 g/mol. The van der Waals surface area contributed by atoms with Gasteiger partial charge in [-0.25, -0.2) is 4.99 Å². The van der Waals surface area contributed by atoms with E-state index < -0.39 is 5.60 Å². The van der Waals surface area contributed by atoms with Crippen molar-refractivity contribution < 1.29 is 14.3 Å². The van der Waals surface area contributed by atoms with E-state index in [-0.39, 0.29) is 36.5 Å². The molecule has 0 bridgehead atoms.